The topological polar surface area (TPSA) is 0 Å². The van der Waals surface area contributed by atoms with Crippen LogP contribution in [0.25, 0.3) is 25.2 Å². The molecule has 0 spiro atoms. The molecule has 0 atom stereocenters. The first-order valence-corrected chi connectivity index (χ1v) is 18.7. The third-order valence-electron chi connectivity index (χ3n) is 10.5. The summed E-state index contributed by atoms with van der Waals surface area (Å²) in [5.74, 6) is -0.0226. The zero-order valence-corrected chi connectivity index (χ0v) is 32.5. The van der Waals surface area contributed by atoms with Crippen LogP contribution in [0.4, 0.5) is 0 Å². The van der Waals surface area contributed by atoms with Crippen LogP contribution < -0.4 is 35.3 Å². The number of fused-ring (bicyclic) bond motifs is 4. The quantitative estimate of drug-likeness (QED) is 0.226. The summed E-state index contributed by atoms with van der Waals surface area (Å²) >= 11 is 1.44. The maximum atomic E-state index is 2.37. The minimum absolute atomic E-state index is 0. The van der Waals surface area contributed by atoms with Crippen molar-refractivity contribution in [3.05, 3.63) is 242 Å². The zero-order chi connectivity index (χ0) is 33.4. The van der Waals surface area contributed by atoms with Crippen molar-refractivity contribution < 1.29 is 49.5 Å². The van der Waals surface area contributed by atoms with Crippen molar-refractivity contribution in [3.63, 3.8) is 0 Å². The van der Waals surface area contributed by atoms with E-state index in [0.29, 0.717) is 0 Å². The van der Waals surface area contributed by atoms with Gasteiger partial charge in [0.15, 0.2) is 0 Å². The molecule has 52 heavy (non-hydrogen) atoms. The Morgan fingerprint density at radius 1 is 0.462 bits per heavy atom. The van der Waals surface area contributed by atoms with Gasteiger partial charge in [0.1, 0.15) is 0 Å². The first-order chi connectivity index (χ1) is 24.8. The average molecular weight is 786 g/mol. The molecule has 0 saturated carbocycles. The zero-order valence-electron chi connectivity index (χ0n) is 28.5. The first kappa shape index (κ1) is 35.9. The van der Waals surface area contributed by atoms with Gasteiger partial charge in [-0.05, 0) is 0 Å². The maximum absolute atomic E-state index is 2.37. The monoisotopic (exact) mass is 783 g/mol. The van der Waals surface area contributed by atoms with Crippen LogP contribution in [0.1, 0.15) is 51.6 Å². The molecule has 249 valence electrons. The molecule has 0 aliphatic heterocycles. The Hall–Kier alpha value is -4.52. The summed E-state index contributed by atoms with van der Waals surface area (Å²) in [7, 11) is 0. The number of benzene rings is 7. The van der Waals surface area contributed by atoms with E-state index in [1.165, 1.54) is 104 Å². The molecule has 3 heteroatoms. The van der Waals surface area contributed by atoms with E-state index in [0.717, 1.165) is 6.42 Å². The van der Waals surface area contributed by atoms with Gasteiger partial charge in [-0.25, -0.2) is 0 Å². The Kier molecular flexibility index (Phi) is 10.8. The van der Waals surface area contributed by atoms with E-state index in [4.69, 9.17) is 0 Å². The molecule has 0 aromatic heterocycles. The summed E-state index contributed by atoms with van der Waals surface area (Å²) in [6.07, 6.45) is 7.84. The van der Waals surface area contributed by atoms with Gasteiger partial charge in [0, 0.05) is 0 Å². The predicted octanol–water partition coefficient (Wildman–Crippen LogP) is 4.31. The second kappa shape index (κ2) is 15.6. The summed E-state index contributed by atoms with van der Waals surface area (Å²) < 4.78 is 1.44. The van der Waals surface area contributed by atoms with E-state index >= 15 is 0 Å². The van der Waals surface area contributed by atoms with Gasteiger partial charge in [-0.3, -0.25) is 0 Å². The van der Waals surface area contributed by atoms with Crippen LogP contribution in [0.15, 0.2) is 188 Å². The number of hydrogen-bond donors (Lipinski definition) is 0. The summed E-state index contributed by atoms with van der Waals surface area (Å²) in [5.41, 5.74) is 10.8. The van der Waals surface area contributed by atoms with Gasteiger partial charge in [0.2, 0.25) is 0 Å². The van der Waals surface area contributed by atoms with Crippen molar-refractivity contribution >= 4 is 25.2 Å². The number of rotatable bonds is 7. The second-order valence-corrected chi connectivity index (χ2v) is 14.5. The molecule has 0 saturated heterocycles. The third-order valence-corrected chi connectivity index (χ3v) is 11.7. The van der Waals surface area contributed by atoms with Crippen molar-refractivity contribution in [3.8, 4) is 0 Å². The molecule has 7 aromatic rings. The number of halogens is 2. The van der Waals surface area contributed by atoms with Crippen LogP contribution in [-0.4, -0.2) is 0 Å². The predicted molar refractivity (Wildman–Crippen MR) is 204 cm³/mol. The Bertz CT molecular complexity index is 2500. The molecule has 2 aliphatic carbocycles. The van der Waals surface area contributed by atoms with E-state index in [9.17, 15) is 0 Å². The van der Waals surface area contributed by atoms with Crippen LogP contribution >= 0.6 is 0 Å². The Labute approximate surface area is 332 Å². The van der Waals surface area contributed by atoms with Crippen LogP contribution in [-0.2, 0) is 24.7 Å². The molecule has 0 fully saturated rings. The molecule has 0 heterocycles. The van der Waals surface area contributed by atoms with Gasteiger partial charge < -0.3 is 24.8 Å². The molecular weight excluding hydrogens is 751 g/mol. The second-order valence-electron chi connectivity index (χ2n) is 13.3. The molecule has 0 bridgehead atoms. The minimum atomic E-state index is -0.0113. The average Bonchev–Trinajstić information content (AvgIpc) is 3.83. The first-order valence-electron chi connectivity index (χ1n) is 17.5. The fraction of sp³-hybridized carbons (Fsp3) is 0.0612. The van der Waals surface area contributed by atoms with Gasteiger partial charge in [0.05, 0.1) is 0 Å². The van der Waals surface area contributed by atoms with Gasteiger partial charge in [-0.15, -0.1) is 0 Å². The molecule has 7 aromatic carbocycles. The van der Waals surface area contributed by atoms with E-state index < -0.39 is 0 Å². The Balaban J connectivity index is 0.00000210. The summed E-state index contributed by atoms with van der Waals surface area (Å²) in [5, 5.41) is 8.17. The summed E-state index contributed by atoms with van der Waals surface area (Å²) in [6, 6.07) is 63.2. The van der Waals surface area contributed by atoms with E-state index in [1.807, 2.05) is 0 Å². The molecule has 0 amide bonds. The molecule has 0 radical (unpaired) electrons. The molecule has 0 N–H and O–H groups in total. The van der Waals surface area contributed by atoms with Crippen LogP contribution in [0.5, 0.6) is 0 Å². The Morgan fingerprint density at radius 3 is 1.31 bits per heavy atom. The summed E-state index contributed by atoms with van der Waals surface area (Å²) in [4.78, 5) is 0. The molecule has 0 nitrogen and oxygen atoms in total. The van der Waals surface area contributed by atoms with Crippen molar-refractivity contribution in [1.82, 2.24) is 0 Å². The van der Waals surface area contributed by atoms with Gasteiger partial charge in [-0.1, -0.05) is 0 Å². The van der Waals surface area contributed by atoms with Gasteiger partial charge in [-0.2, -0.15) is 0 Å². The van der Waals surface area contributed by atoms with E-state index in [1.54, 1.807) is 0 Å². The number of allylic oxidation sites excluding steroid dienone is 4. The van der Waals surface area contributed by atoms with Crippen LogP contribution in [0, 0.1) is 10.4 Å². The van der Waals surface area contributed by atoms with Crippen molar-refractivity contribution in [2.24, 2.45) is 0 Å². The molecular formula is C49H35Cl2Zr. The molecule has 9 rings (SSSR count). The van der Waals surface area contributed by atoms with Crippen molar-refractivity contribution in [1.29, 1.82) is 0 Å². The SMILES string of the molecule is [Cl-].[Cl-].[Zr+2][C]1=c2ccccc2=c2c1c1ccccc1c(C1=CC=CC1)c2=C(C(c1ccccc1)c1ccccc1)C(c1ccccc1)c1ccccc1. The van der Waals surface area contributed by atoms with Crippen molar-refractivity contribution in [2.75, 3.05) is 0 Å². The fourth-order valence-electron chi connectivity index (χ4n) is 8.42. The van der Waals surface area contributed by atoms with E-state index in [-0.39, 0.29) is 36.6 Å². The van der Waals surface area contributed by atoms with Gasteiger partial charge in [0.25, 0.3) is 0 Å². The number of hydrogen-bond acceptors (Lipinski definition) is 0. The molecule has 0 unspecified atom stereocenters. The summed E-state index contributed by atoms with van der Waals surface area (Å²) in [6.45, 7) is 0. The fourth-order valence-corrected chi connectivity index (χ4v) is 9.59. The Morgan fingerprint density at radius 2 is 0.865 bits per heavy atom. The van der Waals surface area contributed by atoms with Crippen LogP contribution in [0.2, 0.25) is 0 Å². The van der Waals surface area contributed by atoms with Gasteiger partial charge >= 0.3 is 311 Å². The normalized spacial score (nSPS) is 12.7. The van der Waals surface area contributed by atoms with Crippen molar-refractivity contribution in [2.45, 2.75) is 18.3 Å². The third kappa shape index (κ3) is 6.20. The molecule has 2 aliphatic rings. The van der Waals surface area contributed by atoms with Crippen LogP contribution in [0.3, 0.4) is 0 Å². The van der Waals surface area contributed by atoms with E-state index in [2.05, 4.69) is 188 Å². The standard InChI is InChI=1S/C49H35.2ClH.Zr/c1-5-19-34(20-6-1)44(35-21-7-2-8-22-35)48(45(36-23-9-3-10-24-36)37-25-11-4-12-26-37)49-46(38-27-13-14-28-38)42-32-18-17-31-41(42)43-33-39-29-15-16-30-40(39)47(43)49;;;/h1-27,29-32,44-45H,28H2;2*1H;/q;;;+2/p-2.